The van der Waals surface area contributed by atoms with E-state index in [4.69, 9.17) is 0 Å². The summed E-state index contributed by atoms with van der Waals surface area (Å²) in [6.45, 7) is -0.831. The van der Waals surface area contributed by atoms with Gasteiger partial charge in [0.05, 0.1) is 0 Å². The lowest BCUT2D eigenvalue weighted by Crippen LogP contribution is -2.49. The second-order valence-corrected chi connectivity index (χ2v) is 9.15. The van der Waals surface area contributed by atoms with Crippen LogP contribution in [0.25, 0.3) is 11.1 Å². The van der Waals surface area contributed by atoms with Gasteiger partial charge in [0.25, 0.3) is 6.54 Å². The van der Waals surface area contributed by atoms with Crippen LogP contribution in [0.15, 0.2) is 54.9 Å². The molecule has 23 heavy (non-hydrogen) atoms. The molecule has 0 atom stereocenters. The lowest BCUT2D eigenvalue weighted by atomic mass is 10.1. The lowest BCUT2D eigenvalue weighted by Gasteiger charge is -2.22. The van der Waals surface area contributed by atoms with Crippen LogP contribution in [0.5, 0.6) is 0 Å². The topological polar surface area (TPSA) is 145 Å². The Morgan fingerprint density at radius 2 is 1.30 bits per heavy atom. The summed E-state index contributed by atoms with van der Waals surface area (Å²) in [5.41, 5.74) is 1.53. The number of benzene rings is 1. The van der Waals surface area contributed by atoms with E-state index in [1.165, 1.54) is 17.0 Å². The van der Waals surface area contributed by atoms with Gasteiger partial charge < -0.3 is 5.11 Å². The van der Waals surface area contributed by atoms with Crippen molar-refractivity contribution in [1.82, 2.24) is 0 Å². The molecule has 2 rings (SSSR count). The van der Waals surface area contributed by atoms with E-state index in [2.05, 4.69) is 0 Å². The van der Waals surface area contributed by atoms with E-state index in [1.54, 1.807) is 12.1 Å². The van der Waals surface area contributed by atoms with Crippen LogP contribution in [0.2, 0.25) is 0 Å². The first-order chi connectivity index (χ1) is 10.5. The van der Waals surface area contributed by atoms with Gasteiger partial charge in [-0.2, -0.15) is 33.9 Å². The second kappa shape index (κ2) is 6.45. The Hall–Kier alpha value is -1.05. The second-order valence-electron chi connectivity index (χ2n) is 5.04. The van der Waals surface area contributed by atoms with Crippen molar-refractivity contribution >= 4 is 15.9 Å². The largest absolute Gasteiger partial charge is 0.496 e. The van der Waals surface area contributed by atoms with Crippen LogP contribution in [0, 0.1) is 0 Å². The first-order valence-corrected chi connectivity index (χ1v) is 9.76. The molecule has 0 radical (unpaired) electrons. The molecule has 0 unspecified atom stereocenters. The first kappa shape index (κ1) is 18.3. The number of nitrogens with zero attached hydrogens (tertiary/aromatic N) is 1. The molecule has 1 aromatic carbocycles. The van der Waals surface area contributed by atoms with E-state index in [0.29, 0.717) is 5.56 Å². The molecule has 2 aromatic rings. The lowest BCUT2D eigenvalue weighted by molar-refractivity contribution is -0.703. The predicted molar refractivity (Wildman–Crippen MR) is 84.2 cm³/mol. The Kier molecular flexibility index (Phi) is 5.13. The summed E-state index contributed by atoms with van der Waals surface area (Å²) in [6.07, 6.45) is 2.90. The maximum atomic E-state index is 10.1. The average Bonchev–Trinajstić information content (AvgIpc) is 2.46. The summed E-state index contributed by atoms with van der Waals surface area (Å²) < 4.78 is 1.21. The highest BCUT2D eigenvalue weighted by molar-refractivity contribution is 7.78. The van der Waals surface area contributed by atoms with Gasteiger partial charge in [-0.1, -0.05) is 30.3 Å². The fourth-order valence-corrected chi connectivity index (χ4v) is 4.18. The van der Waals surface area contributed by atoms with Crippen molar-refractivity contribution in [2.24, 2.45) is 0 Å². The molecule has 7 N–H and O–H groups in total. The molecule has 0 bridgehead atoms. The monoisotopic (exact) mass is 362 g/mol. The fourth-order valence-electron chi connectivity index (χ4n) is 2.04. The van der Waals surface area contributed by atoms with Crippen LogP contribution in [-0.4, -0.2) is 39.6 Å². The maximum Gasteiger partial charge on any atom is 0.496 e. The Labute approximate surface area is 133 Å². The summed E-state index contributed by atoms with van der Waals surface area (Å²) in [7, 11) is -10.4. The highest BCUT2D eigenvalue weighted by Gasteiger charge is 2.82. The van der Waals surface area contributed by atoms with Gasteiger partial charge in [0, 0.05) is 11.6 Å². The van der Waals surface area contributed by atoms with E-state index in [0.717, 1.165) is 5.56 Å². The van der Waals surface area contributed by atoms with Crippen LogP contribution in [0.4, 0.5) is 0 Å². The Bertz CT molecular complexity index is 656. The van der Waals surface area contributed by atoms with Crippen molar-refractivity contribution < 1.29 is 39.0 Å². The van der Waals surface area contributed by atoms with Gasteiger partial charge in [-0.25, -0.2) is 0 Å². The van der Waals surface area contributed by atoms with E-state index in [1.807, 2.05) is 30.3 Å². The SMILES string of the molecule is OC(C[n+]1cccc(-c2ccccc2)c1)([P+](O)(O)O)[P+](O)(O)O. The van der Waals surface area contributed by atoms with Crippen LogP contribution in [0.1, 0.15) is 0 Å². The van der Waals surface area contributed by atoms with Crippen molar-refractivity contribution in [3.05, 3.63) is 54.9 Å². The van der Waals surface area contributed by atoms with Gasteiger partial charge >= 0.3 is 21.0 Å². The molecule has 0 aliphatic rings. The van der Waals surface area contributed by atoms with Crippen LogP contribution < -0.4 is 4.57 Å². The molecule has 0 saturated carbocycles. The Balaban J connectivity index is 2.40. The van der Waals surface area contributed by atoms with Gasteiger partial charge in [-0.05, 0) is 11.6 Å². The summed E-state index contributed by atoms with van der Waals surface area (Å²) in [4.78, 5) is 56.0. The van der Waals surface area contributed by atoms with Gasteiger partial charge in [-0.15, -0.1) is 0 Å². The quantitative estimate of drug-likeness (QED) is 0.287. The summed E-state index contributed by atoms with van der Waals surface area (Å²) >= 11 is 0. The molecule has 0 aliphatic heterocycles. The molecule has 0 amide bonds. The summed E-state index contributed by atoms with van der Waals surface area (Å²) in [5, 5.41) is 6.81. The minimum Gasteiger partial charge on any atom is -0.309 e. The third-order valence-electron chi connectivity index (χ3n) is 3.32. The van der Waals surface area contributed by atoms with E-state index < -0.39 is 27.5 Å². The molecular weight excluding hydrogens is 344 g/mol. The average molecular weight is 362 g/mol. The number of rotatable bonds is 5. The first-order valence-electron chi connectivity index (χ1n) is 6.46. The van der Waals surface area contributed by atoms with Crippen molar-refractivity contribution in [2.75, 3.05) is 0 Å². The van der Waals surface area contributed by atoms with Crippen LogP contribution >= 0.6 is 15.9 Å². The van der Waals surface area contributed by atoms with Crippen molar-refractivity contribution in [2.45, 2.75) is 11.6 Å². The normalized spacial score (nSPS) is 13.2. The highest BCUT2D eigenvalue weighted by atomic mass is 31.3. The molecule has 0 spiro atoms. The maximum absolute atomic E-state index is 10.1. The summed E-state index contributed by atoms with van der Waals surface area (Å²) in [6, 6.07) is 12.5. The Morgan fingerprint density at radius 3 is 1.83 bits per heavy atom. The van der Waals surface area contributed by atoms with E-state index in [9.17, 15) is 34.5 Å². The number of hydrogen-bond donors (Lipinski definition) is 7. The summed E-state index contributed by atoms with van der Waals surface area (Å²) in [5.74, 6) is 0. The molecule has 0 saturated heterocycles. The van der Waals surface area contributed by atoms with E-state index in [-0.39, 0.29) is 0 Å². The molecule has 1 heterocycles. The zero-order valence-electron chi connectivity index (χ0n) is 11.9. The smallest absolute Gasteiger partial charge is 0.309 e. The van der Waals surface area contributed by atoms with Crippen molar-refractivity contribution in [3.63, 3.8) is 0 Å². The minimum absolute atomic E-state index is 0.700. The molecular formula is C13H18NO7P2+3. The number of aromatic nitrogens is 1. The minimum atomic E-state index is -5.18. The number of aliphatic hydroxyl groups is 1. The Morgan fingerprint density at radius 1 is 0.783 bits per heavy atom. The fraction of sp³-hybridized carbons (Fsp3) is 0.154. The molecule has 0 fully saturated rings. The number of pyridine rings is 1. The molecule has 124 valence electrons. The van der Waals surface area contributed by atoms with Crippen molar-refractivity contribution in [1.29, 1.82) is 0 Å². The van der Waals surface area contributed by atoms with Gasteiger partial charge in [0.15, 0.2) is 12.4 Å². The molecule has 0 aliphatic carbocycles. The third-order valence-corrected chi connectivity index (χ3v) is 7.14. The highest BCUT2D eigenvalue weighted by Crippen LogP contribution is 2.75. The predicted octanol–water partition coefficient (Wildman–Crippen LogP) is -0.234. The molecule has 10 heteroatoms. The van der Waals surface area contributed by atoms with Gasteiger partial charge in [0.2, 0.25) is 0 Å². The van der Waals surface area contributed by atoms with Crippen LogP contribution in [-0.2, 0) is 6.54 Å². The van der Waals surface area contributed by atoms with Gasteiger partial charge in [-0.3, -0.25) is 0 Å². The van der Waals surface area contributed by atoms with E-state index >= 15 is 0 Å². The molecule has 1 aromatic heterocycles. The van der Waals surface area contributed by atoms with Crippen LogP contribution in [0.3, 0.4) is 0 Å². The zero-order valence-corrected chi connectivity index (χ0v) is 13.7. The third kappa shape index (κ3) is 3.89. The standard InChI is InChI=1S/C13H18NO7P2/c15-13(22(16,17)18,23(19,20)21)10-14-8-4-7-12(9-14)11-5-2-1-3-6-11/h1-9,15-21H,10H2/q+3. The molecule has 8 nitrogen and oxygen atoms in total. The van der Waals surface area contributed by atoms with Gasteiger partial charge in [0.1, 0.15) is 0 Å². The zero-order chi connectivity index (χ0) is 17.3. The number of hydrogen-bond acceptors (Lipinski definition) is 7. The van der Waals surface area contributed by atoms with Crippen molar-refractivity contribution in [3.8, 4) is 11.1 Å².